The Balaban J connectivity index is 2.20. The van der Waals surface area contributed by atoms with Crippen LogP contribution in [0, 0.1) is 13.8 Å². The highest BCUT2D eigenvalue weighted by Gasteiger charge is 2.05. The first kappa shape index (κ1) is 11.7. The highest BCUT2D eigenvalue weighted by atomic mass is 15.1. The molecule has 0 bridgehead atoms. The van der Waals surface area contributed by atoms with E-state index in [0.29, 0.717) is 0 Å². The van der Waals surface area contributed by atoms with Gasteiger partial charge in [-0.05, 0) is 36.6 Å². The summed E-state index contributed by atoms with van der Waals surface area (Å²) in [6.07, 6.45) is 0. The van der Waals surface area contributed by atoms with Crippen molar-refractivity contribution < 1.29 is 0 Å². The molecule has 88 valence electrons. The van der Waals surface area contributed by atoms with E-state index in [9.17, 15) is 0 Å². The number of nitrogens with zero attached hydrogens (tertiary/aromatic N) is 1. The standard InChI is InChI=1S/C16H19N/c1-13-9-10-14(2)16(11-13)17(3)12-15-7-5-4-6-8-15/h4-11H,12H2,1-3H3. The molecule has 0 unspecified atom stereocenters. The third-order valence-corrected chi connectivity index (χ3v) is 3.04. The Labute approximate surface area is 104 Å². The van der Waals surface area contributed by atoms with Crippen LogP contribution < -0.4 is 4.90 Å². The number of benzene rings is 2. The summed E-state index contributed by atoms with van der Waals surface area (Å²) in [4.78, 5) is 2.30. The zero-order valence-electron chi connectivity index (χ0n) is 10.8. The molecule has 2 rings (SSSR count). The fraction of sp³-hybridized carbons (Fsp3) is 0.250. The largest absolute Gasteiger partial charge is 0.370 e. The van der Waals surface area contributed by atoms with E-state index in [1.54, 1.807) is 0 Å². The van der Waals surface area contributed by atoms with Crippen LogP contribution in [-0.2, 0) is 6.54 Å². The second-order valence-corrected chi connectivity index (χ2v) is 4.63. The van der Waals surface area contributed by atoms with Crippen LogP contribution in [0.2, 0.25) is 0 Å². The van der Waals surface area contributed by atoms with Gasteiger partial charge in [-0.3, -0.25) is 0 Å². The number of anilines is 1. The van der Waals surface area contributed by atoms with E-state index in [4.69, 9.17) is 0 Å². The maximum atomic E-state index is 2.30. The Morgan fingerprint density at radius 2 is 1.65 bits per heavy atom. The van der Waals surface area contributed by atoms with Gasteiger partial charge in [-0.25, -0.2) is 0 Å². The normalized spacial score (nSPS) is 10.3. The number of hydrogen-bond acceptors (Lipinski definition) is 1. The zero-order chi connectivity index (χ0) is 12.3. The number of hydrogen-bond donors (Lipinski definition) is 0. The third-order valence-electron chi connectivity index (χ3n) is 3.04. The molecule has 2 aromatic rings. The maximum absolute atomic E-state index is 2.30. The van der Waals surface area contributed by atoms with Crippen LogP contribution in [0.25, 0.3) is 0 Å². The Kier molecular flexibility index (Phi) is 3.48. The predicted octanol–water partition coefficient (Wildman–Crippen LogP) is 3.94. The van der Waals surface area contributed by atoms with Gasteiger partial charge in [0.15, 0.2) is 0 Å². The smallest absolute Gasteiger partial charge is 0.0426 e. The molecule has 2 aromatic carbocycles. The lowest BCUT2D eigenvalue weighted by molar-refractivity contribution is 0.916. The highest BCUT2D eigenvalue weighted by Crippen LogP contribution is 2.21. The predicted molar refractivity (Wildman–Crippen MR) is 74.5 cm³/mol. The monoisotopic (exact) mass is 225 g/mol. The van der Waals surface area contributed by atoms with Crippen molar-refractivity contribution in [2.24, 2.45) is 0 Å². The van der Waals surface area contributed by atoms with Crippen LogP contribution >= 0.6 is 0 Å². The quantitative estimate of drug-likeness (QED) is 0.764. The second-order valence-electron chi connectivity index (χ2n) is 4.63. The van der Waals surface area contributed by atoms with Crippen molar-refractivity contribution in [1.29, 1.82) is 0 Å². The van der Waals surface area contributed by atoms with Gasteiger partial charge in [0.25, 0.3) is 0 Å². The van der Waals surface area contributed by atoms with Crippen LogP contribution in [0.5, 0.6) is 0 Å². The van der Waals surface area contributed by atoms with Crippen molar-refractivity contribution in [1.82, 2.24) is 0 Å². The van der Waals surface area contributed by atoms with Gasteiger partial charge >= 0.3 is 0 Å². The van der Waals surface area contributed by atoms with E-state index in [1.165, 1.54) is 22.4 Å². The summed E-state index contributed by atoms with van der Waals surface area (Å²) in [7, 11) is 2.15. The highest BCUT2D eigenvalue weighted by molar-refractivity contribution is 5.54. The molecular formula is C16H19N. The van der Waals surface area contributed by atoms with Crippen molar-refractivity contribution in [3.05, 3.63) is 65.2 Å². The molecule has 0 atom stereocenters. The molecule has 1 heteroatoms. The van der Waals surface area contributed by atoms with E-state index in [2.05, 4.69) is 74.3 Å². The first-order chi connectivity index (χ1) is 8.16. The fourth-order valence-electron chi connectivity index (χ4n) is 2.07. The van der Waals surface area contributed by atoms with Crippen LogP contribution in [0.3, 0.4) is 0 Å². The summed E-state index contributed by atoms with van der Waals surface area (Å²) in [6.45, 7) is 5.25. The summed E-state index contributed by atoms with van der Waals surface area (Å²) in [5, 5.41) is 0. The molecule has 0 radical (unpaired) electrons. The van der Waals surface area contributed by atoms with E-state index in [-0.39, 0.29) is 0 Å². The van der Waals surface area contributed by atoms with Crippen molar-refractivity contribution in [3.63, 3.8) is 0 Å². The number of aryl methyl sites for hydroxylation is 2. The second kappa shape index (κ2) is 5.05. The average molecular weight is 225 g/mol. The summed E-state index contributed by atoms with van der Waals surface area (Å²) in [5.74, 6) is 0. The molecule has 0 aliphatic carbocycles. The minimum atomic E-state index is 0.950. The SMILES string of the molecule is Cc1ccc(C)c(N(C)Cc2ccccc2)c1. The first-order valence-electron chi connectivity index (χ1n) is 5.99. The molecule has 0 saturated heterocycles. The fourth-order valence-corrected chi connectivity index (χ4v) is 2.07. The Morgan fingerprint density at radius 1 is 0.941 bits per heavy atom. The first-order valence-corrected chi connectivity index (χ1v) is 5.99. The molecule has 17 heavy (non-hydrogen) atoms. The molecule has 0 saturated carbocycles. The van der Waals surface area contributed by atoms with Crippen LogP contribution in [0.4, 0.5) is 5.69 Å². The maximum Gasteiger partial charge on any atom is 0.0426 e. The molecule has 0 aliphatic rings. The minimum Gasteiger partial charge on any atom is -0.370 e. The molecule has 0 N–H and O–H groups in total. The lowest BCUT2D eigenvalue weighted by Gasteiger charge is -2.22. The van der Waals surface area contributed by atoms with E-state index >= 15 is 0 Å². The van der Waals surface area contributed by atoms with Gasteiger partial charge in [0, 0.05) is 19.3 Å². The van der Waals surface area contributed by atoms with E-state index < -0.39 is 0 Å². The molecule has 0 fully saturated rings. The van der Waals surface area contributed by atoms with Gasteiger partial charge in [0.2, 0.25) is 0 Å². The topological polar surface area (TPSA) is 3.24 Å². The van der Waals surface area contributed by atoms with E-state index in [0.717, 1.165) is 6.54 Å². The molecule has 0 aliphatic heterocycles. The minimum absolute atomic E-state index is 0.950. The lowest BCUT2D eigenvalue weighted by atomic mass is 10.1. The average Bonchev–Trinajstić information content (AvgIpc) is 2.33. The van der Waals surface area contributed by atoms with Crippen molar-refractivity contribution >= 4 is 5.69 Å². The van der Waals surface area contributed by atoms with Gasteiger partial charge < -0.3 is 4.90 Å². The van der Waals surface area contributed by atoms with Crippen LogP contribution in [0.15, 0.2) is 48.5 Å². The zero-order valence-corrected chi connectivity index (χ0v) is 10.8. The van der Waals surface area contributed by atoms with Crippen molar-refractivity contribution in [2.45, 2.75) is 20.4 Å². The van der Waals surface area contributed by atoms with E-state index in [1.807, 2.05) is 0 Å². The molecular weight excluding hydrogens is 206 g/mol. The lowest BCUT2D eigenvalue weighted by Crippen LogP contribution is -2.17. The van der Waals surface area contributed by atoms with Gasteiger partial charge in [-0.1, -0.05) is 42.5 Å². The molecule has 0 heterocycles. The van der Waals surface area contributed by atoms with Gasteiger partial charge in [-0.15, -0.1) is 0 Å². The molecule has 0 spiro atoms. The van der Waals surface area contributed by atoms with Crippen molar-refractivity contribution in [2.75, 3.05) is 11.9 Å². The summed E-state index contributed by atoms with van der Waals surface area (Å²) < 4.78 is 0. The Hall–Kier alpha value is -1.76. The Bertz CT molecular complexity index is 488. The summed E-state index contributed by atoms with van der Waals surface area (Å²) >= 11 is 0. The number of rotatable bonds is 3. The van der Waals surface area contributed by atoms with Gasteiger partial charge in [-0.2, -0.15) is 0 Å². The summed E-state index contributed by atoms with van der Waals surface area (Å²) in [5.41, 5.74) is 5.30. The molecule has 0 aromatic heterocycles. The summed E-state index contributed by atoms with van der Waals surface area (Å²) in [6, 6.07) is 17.2. The Morgan fingerprint density at radius 3 is 2.35 bits per heavy atom. The molecule has 0 amide bonds. The van der Waals surface area contributed by atoms with Crippen molar-refractivity contribution in [3.8, 4) is 0 Å². The third kappa shape index (κ3) is 2.88. The molecule has 1 nitrogen and oxygen atoms in total. The van der Waals surface area contributed by atoms with Gasteiger partial charge in [0.05, 0.1) is 0 Å². The van der Waals surface area contributed by atoms with Crippen LogP contribution in [-0.4, -0.2) is 7.05 Å². The van der Waals surface area contributed by atoms with Crippen LogP contribution in [0.1, 0.15) is 16.7 Å². The van der Waals surface area contributed by atoms with Gasteiger partial charge in [0.1, 0.15) is 0 Å².